The van der Waals surface area contributed by atoms with Crippen molar-refractivity contribution < 1.29 is 14.6 Å². The van der Waals surface area contributed by atoms with Gasteiger partial charge < -0.3 is 14.7 Å². The molecule has 1 aliphatic heterocycles. The van der Waals surface area contributed by atoms with Crippen LogP contribution in [0, 0.1) is 5.92 Å². The van der Waals surface area contributed by atoms with Crippen LogP contribution in [0.3, 0.4) is 0 Å². The zero-order chi connectivity index (χ0) is 18.0. The van der Waals surface area contributed by atoms with Crippen molar-refractivity contribution in [3.63, 3.8) is 0 Å². The van der Waals surface area contributed by atoms with Crippen molar-refractivity contribution in [3.05, 3.63) is 30.1 Å². The van der Waals surface area contributed by atoms with E-state index in [9.17, 15) is 9.90 Å². The molecular weight excluding hydrogens is 304 g/mol. The number of amides is 1. The smallest absolute Gasteiger partial charge is 0.410 e. The minimum atomic E-state index is -0.551. The first-order valence-corrected chi connectivity index (χ1v) is 8.68. The lowest BCUT2D eigenvalue weighted by Crippen LogP contribution is -2.45. The number of nitrogens with zero attached hydrogens (tertiary/aromatic N) is 2. The predicted molar refractivity (Wildman–Crippen MR) is 93.6 cm³/mol. The summed E-state index contributed by atoms with van der Waals surface area (Å²) >= 11 is 0. The standard InChI is InChI=1S/C19H30N2O3/c1-18(2,3)24-17(23)21-13-14(12-19(21,4)5)9-10-16(22)15-8-6-7-11-20-15/h6-8,11,14,16,22H,9-10,12-13H2,1-5H3/t14-,16?/m0/s1. The van der Waals surface area contributed by atoms with Gasteiger partial charge in [0.25, 0.3) is 0 Å². The predicted octanol–water partition coefficient (Wildman–Crippen LogP) is 3.93. The summed E-state index contributed by atoms with van der Waals surface area (Å²) < 4.78 is 5.53. The molecular formula is C19H30N2O3. The van der Waals surface area contributed by atoms with Gasteiger partial charge >= 0.3 is 6.09 Å². The molecule has 1 N–H and O–H groups in total. The topological polar surface area (TPSA) is 62.7 Å². The first kappa shape index (κ1) is 18.7. The zero-order valence-electron chi connectivity index (χ0n) is 15.5. The van der Waals surface area contributed by atoms with Crippen molar-refractivity contribution in [1.82, 2.24) is 9.88 Å². The highest BCUT2D eigenvalue weighted by Crippen LogP contribution is 2.37. The summed E-state index contributed by atoms with van der Waals surface area (Å²) in [6.45, 7) is 10.5. The molecule has 2 rings (SSSR count). The molecule has 1 aromatic heterocycles. The number of aromatic nitrogens is 1. The zero-order valence-corrected chi connectivity index (χ0v) is 15.5. The highest BCUT2D eigenvalue weighted by molar-refractivity contribution is 5.69. The SMILES string of the molecule is CC(C)(C)OC(=O)N1C[C@@H](CCC(O)c2ccccn2)CC1(C)C. The van der Waals surface area contributed by atoms with E-state index in [1.165, 1.54) is 0 Å². The van der Waals surface area contributed by atoms with Crippen LogP contribution in [-0.4, -0.2) is 38.8 Å². The lowest BCUT2D eigenvalue weighted by molar-refractivity contribution is 0.0130. The van der Waals surface area contributed by atoms with E-state index in [1.807, 2.05) is 43.9 Å². The fourth-order valence-electron chi connectivity index (χ4n) is 3.33. The van der Waals surface area contributed by atoms with Crippen LogP contribution in [0.5, 0.6) is 0 Å². The van der Waals surface area contributed by atoms with Crippen molar-refractivity contribution in [2.75, 3.05) is 6.54 Å². The molecule has 1 amide bonds. The average Bonchev–Trinajstić information content (AvgIpc) is 2.79. The Kier molecular flexibility index (Phi) is 5.53. The van der Waals surface area contributed by atoms with E-state index in [1.54, 1.807) is 6.20 Å². The van der Waals surface area contributed by atoms with E-state index in [2.05, 4.69) is 18.8 Å². The molecule has 1 saturated heterocycles. The summed E-state index contributed by atoms with van der Waals surface area (Å²) in [6.07, 6.45) is 3.33. The normalized spacial score (nSPS) is 21.6. The van der Waals surface area contributed by atoms with E-state index < -0.39 is 11.7 Å². The van der Waals surface area contributed by atoms with E-state index >= 15 is 0 Å². The Morgan fingerprint density at radius 2 is 2.17 bits per heavy atom. The maximum atomic E-state index is 12.4. The number of aliphatic hydroxyl groups is 1. The van der Waals surface area contributed by atoms with E-state index in [-0.39, 0.29) is 11.6 Å². The van der Waals surface area contributed by atoms with Gasteiger partial charge in [-0.25, -0.2) is 4.79 Å². The Morgan fingerprint density at radius 1 is 1.46 bits per heavy atom. The highest BCUT2D eigenvalue weighted by Gasteiger charge is 2.42. The second-order valence-electron chi connectivity index (χ2n) is 8.32. The number of carbonyl (C=O) groups is 1. The Hall–Kier alpha value is -1.62. The number of ether oxygens (including phenoxy) is 1. The summed E-state index contributed by atoms with van der Waals surface area (Å²) in [4.78, 5) is 18.5. The Balaban J connectivity index is 1.91. The van der Waals surface area contributed by atoms with E-state index in [4.69, 9.17) is 4.74 Å². The lowest BCUT2D eigenvalue weighted by Gasteiger charge is -2.33. The van der Waals surface area contributed by atoms with Gasteiger partial charge in [0, 0.05) is 18.3 Å². The third-order valence-electron chi connectivity index (χ3n) is 4.45. The molecule has 0 saturated carbocycles. The van der Waals surface area contributed by atoms with Crippen LogP contribution in [0.2, 0.25) is 0 Å². The third-order valence-corrected chi connectivity index (χ3v) is 4.45. The van der Waals surface area contributed by atoms with Crippen molar-refractivity contribution in [2.24, 2.45) is 5.92 Å². The van der Waals surface area contributed by atoms with Crippen molar-refractivity contribution in [1.29, 1.82) is 0 Å². The molecule has 134 valence electrons. The lowest BCUT2D eigenvalue weighted by atomic mass is 9.92. The van der Waals surface area contributed by atoms with Crippen LogP contribution < -0.4 is 0 Å². The molecule has 2 atom stereocenters. The first-order valence-electron chi connectivity index (χ1n) is 8.68. The van der Waals surface area contributed by atoms with Gasteiger partial charge in [0.1, 0.15) is 5.60 Å². The fraction of sp³-hybridized carbons (Fsp3) is 0.684. The van der Waals surface area contributed by atoms with E-state index in [0.717, 1.165) is 12.8 Å². The molecule has 0 spiro atoms. The summed E-state index contributed by atoms with van der Waals surface area (Å²) in [6, 6.07) is 5.57. The molecule has 1 aromatic rings. The van der Waals surface area contributed by atoms with Gasteiger partial charge in [0.2, 0.25) is 0 Å². The Labute approximate surface area is 145 Å². The van der Waals surface area contributed by atoms with Crippen LogP contribution in [0.4, 0.5) is 4.79 Å². The van der Waals surface area contributed by atoms with Crippen LogP contribution in [-0.2, 0) is 4.74 Å². The number of hydrogen-bond donors (Lipinski definition) is 1. The molecule has 2 heterocycles. The number of rotatable bonds is 4. The maximum absolute atomic E-state index is 12.4. The summed E-state index contributed by atoms with van der Waals surface area (Å²) in [5.74, 6) is 0.367. The summed E-state index contributed by atoms with van der Waals surface area (Å²) in [5.41, 5.74) is 0.00219. The van der Waals surface area contributed by atoms with Crippen molar-refractivity contribution >= 4 is 6.09 Å². The van der Waals surface area contributed by atoms with Crippen molar-refractivity contribution in [2.45, 2.75) is 71.1 Å². The minimum absolute atomic E-state index is 0.219. The number of pyridine rings is 1. The van der Waals surface area contributed by atoms with Crippen LogP contribution in [0.25, 0.3) is 0 Å². The van der Waals surface area contributed by atoms with E-state index in [0.29, 0.717) is 24.6 Å². The monoisotopic (exact) mass is 334 g/mol. The molecule has 5 nitrogen and oxygen atoms in total. The van der Waals surface area contributed by atoms with Crippen LogP contribution in [0.15, 0.2) is 24.4 Å². The van der Waals surface area contributed by atoms with Crippen molar-refractivity contribution in [3.8, 4) is 0 Å². The van der Waals surface area contributed by atoms with Gasteiger partial charge in [-0.3, -0.25) is 4.98 Å². The van der Waals surface area contributed by atoms with Crippen LogP contribution >= 0.6 is 0 Å². The maximum Gasteiger partial charge on any atom is 0.410 e. The Bertz CT molecular complexity index is 551. The molecule has 0 bridgehead atoms. The molecule has 1 aliphatic rings. The van der Waals surface area contributed by atoms with Gasteiger partial charge in [-0.1, -0.05) is 6.07 Å². The molecule has 1 unspecified atom stereocenters. The molecule has 0 aromatic carbocycles. The quantitative estimate of drug-likeness (QED) is 0.906. The third kappa shape index (κ3) is 4.94. The molecule has 0 aliphatic carbocycles. The Morgan fingerprint density at radius 3 is 2.75 bits per heavy atom. The minimum Gasteiger partial charge on any atom is -0.444 e. The number of hydrogen-bond acceptors (Lipinski definition) is 4. The largest absolute Gasteiger partial charge is 0.444 e. The van der Waals surface area contributed by atoms with Gasteiger partial charge in [0.05, 0.1) is 11.8 Å². The fourth-order valence-corrected chi connectivity index (χ4v) is 3.33. The van der Waals surface area contributed by atoms with Gasteiger partial charge in [-0.2, -0.15) is 0 Å². The second-order valence-corrected chi connectivity index (χ2v) is 8.32. The van der Waals surface area contributed by atoms with Gasteiger partial charge in [-0.05, 0) is 71.9 Å². The van der Waals surface area contributed by atoms with Gasteiger partial charge in [0.15, 0.2) is 0 Å². The highest BCUT2D eigenvalue weighted by atomic mass is 16.6. The average molecular weight is 334 g/mol. The molecule has 1 fully saturated rings. The first-order chi connectivity index (χ1) is 11.1. The van der Waals surface area contributed by atoms with Crippen LogP contribution in [0.1, 0.15) is 65.7 Å². The molecule has 5 heteroatoms. The summed E-state index contributed by atoms with van der Waals surface area (Å²) in [7, 11) is 0. The molecule has 24 heavy (non-hydrogen) atoms. The summed E-state index contributed by atoms with van der Waals surface area (Å²) in [5, 5.41) is 10.3. The molecule has 0 radical (unpaired) electrons. The van der Waals surface area contributed by atoms with Gasteiger partial charge in [-0.15, -0.1) is 0 Å². The second kappa shape index (κ2) is 7.09. The number of likely N-dealkylation sites (tertiary alicyclic amines) is 1. The number of aliphatic hydroxyl groups excluding tert-OH is 1. The number of carbonyl (C=O) groups excluding carboxylic acids is 1.